The number of allylic oxidation sites excluding steroid dienone is 3. The van der Waals surface area contributed by atoms with Gasteiger partial charge in [0.25, 0.3) is 0 Å². The van der Waals surface area contributed by atoms with Gasteiger partial charge in [-0.2, -0.15) is 10.2 Å². The van der Waals surface area contributed by atoms with E-state index in [0.29, 0.717) is 31.3 Å². The Kier molecular flexibility index (Phi) is 5.52. The molecule has 4 aliphatic rings. The minimum absolute atomic E-state index is 0.212. The predicted molar refractivity (Wildman–Crippen MR) is 138 cm³/mol. The Morgan fingerprint density at radius 2 is 1.89 bits per heavy atom. The number of benzene rings is 1. The van der Waals surface area contributed by atoms with Crippen molar-refractivity contribution in [3.63, 3.8) is 0 Å². The Hall–Kier alpha value is -2.42. The lowest BCUT2D eigenvalue weighted by molar-refractivity contribution is -0.0922. The lowest BCUT2D eigenvalue weighted by Crippen LogP contribution is -2.58. The highest BCUT2D eigenvalue weighted by Gasteiger charge is 2.53. The second-order valence-electron chi connectivity index (χ2n) is 11.6. The van der Waals surface area contributed by atoms with Crippen LogP contribution >= 0.6 is 0 Å². The van der Waals surface area contributed by atoms with Crippen molar-refractivity contribution in [2.24, 2.45) is 11.3 Å². The molecule has 0 radical (unpaired) electrons. The van der Waals surface area contributed by atoms with Gasteiger partial charge in [0.05, 0.1) is 29.5 Å². The van der Waals surface area contributed by atoms with Crippen LogP contribution in [-0.2, 0) is 0 Å². The van der Waals surface area contributed by atoms with Crippen LogP contribution in [0, 0.1) is 11.3 Å². The van der Waals surface area contributed by atoms with E-state index in [9.17, 15) is 20.4 Å². The Morgan fingerprint density at radius 3 is 2.67 bits per heavy atom. The molecule has 190 valence electrons. The molecule has 7 unspecified atom stereocenters. The molecule has 1 saturated carbocycles. The highest BCUT2D eigenvalue weighted by Crippen LogP contribution is 2.60. The molecular formula is C29H35N3O4. The summed E-state index contributed by atoms with van der Waals surface area (Å²) in [6, 6.07) is 7.88. The molecule has 1 heterocycles. The van der Waals surface area contributed by atoms with E-state index in [2.05, 4.69) is 35.3 Å². The van der Waals surface area contributed by atoms with Gasteiger partial charge in [0.15, 0.2) is 0 Å². The molecule has 7 heteroatoms. The van der Waals surface area contributed by atoms with Gasteiger partial charge in [-0.25, -0.2) is 0 Å². The normalized spacial score (nSPS) is 38.3. The maximum absolute atomic E-state index is 11.7. The van der Waals surface area contributed by atoms with E-state index >= 15 is 0 Å². The molecule has 0 saturated heterocycles. The summed E-state index contributed by atoms with van der Waals surface area (Å²) in [5.74, 6) is 0.212. The van der Waals surface area contributed by atoms with Gasteiger partial charge in [0.1, 0.15) is 6.10 Å². The van der Waals surface area contributed by atoms with Crippen molar-refractivity contribution in [2.75, 3.05) is 14.1 Å². The van der Waals surface area contributed by atoms with Crippen molar-refractivity contribution < 1.29 is 20.4 Å². The van der Waals surface area contributed by atoms with Crippen molar-refractivity contribution in [2.45, 2.75) is 69.0 Å². The molecule has 7 nitrogen and oxygen atoms in total. The zero-order chi connectivity index (χ0) is 25.4. The minimum Gasteiger partial charge on any atom is -0.388 e. The maximum Gasteiger partial charge on any atom is 0.105 e. The van der Waals surface area contributed by atoms with Gasteiger partial charge in [-0.15, -0.1) is 0 Å². The van der Waals surface area contributed by atoms with Crippen LogP contribution in [0.1, 0.15) is 44.6 Å². The first-order valence-corrected chi connectivity index (χ1v) is 12.9. The largest absolute Gasteiger partial charge is 0.388 e. The van der Waals surface area contributed by atoms with E-state index < -0.39 is 23.9 Å². The van der Waals surface area contributed by atoms with Crippen molar-refractivity contribution in [3.8, 4) is 0 Å². The van der Waals surface area contributed by atoms with Crippen LogP contribution in [0.15, 0.2) is 59.3 Å². The van der Waals surface area contributed by atoms with Crippen molar-refractivity contribution in [3.05, 3.63) is 64.9 Å². The highest BCUT2D eigenvalue weighted by atomic mass is 16.3. The minimum atomic E-state index is -1.21. The molecule has 36 heavy (non-hydrogen) atoms. The molecule has 6 rings (SSSR count). The first-order chi connectivity index (χ1) is 17.1. The summed E-state index contributed by atoms with van der Waals surface area (Å²) < 4.78 is 0. The topological polar surface area (TPSA) is 110 Å². The molecule has 4 aliphatic carbocycles. The zero-order valence-electron chi connectivity index (χ0n) is 21.1. The molecular weight excluding hydrogens is 454 g/mol. The van der Waals surface area contributed by atoms with Crippen LogP contribution in [0.4, 0.5) is 0 Å². The quantitative estimate of drug-likeness (QED) is 0.513. The van der Waals surface area contributed by atoms with Crippen LogP contribution in [0.2, 0.25) is 0 Å². The predicted octanol–water partition coefficient (Wildman–Crippen LogP) is 2.61. The smallest absolute Gasteiger partial charge is 0.105 e. The average molecular weight is 490 g/mol. The number of aromatic nitrogens is 2. The number of aliphatic hydroxyl groups is 4. The van der Waals surface area contributed by atoms with Gasteiger partial charge in [0.2, 0.25) is 0 Å². The fourth-order valence-corrected chi connectivity index (χ4v) is 7.45. The van der Waals surface area contributed by atoms with E-state index in [-0.39, 0.29) is 17.4 Å². The molecule has 0 aliphatic heterocycles. The molecule has 1 aromatic heterocycles. The Balaban J connectivity index is 1.38. The third kappa shape index (κ3) is 3.45. The summed E-state index contributed by atoms with van der Waals surface area (Å²) >= 11 is 0. The van der Waals surface area contributed by atoms with Crippen LogP contribution in [0.3, 0.4) is 0 Å². The van der Waals surface area contributed by atoms with Crippen LogP contribution in [0.25, 0.3) is 16.5 Å². The lowest BCUT2D eigenvalue weighted by atomic mass is 9.61. The summed E-state index contributed by atoms with van der Waals surface area (Å²) in [6.45, 7) is 2.25. The van der Waals surface area contributed by atoms with Gasteiger partial charge in [-0.3, -0.25) is 0 Å². The molecule has 0 amide bonds. The van der Waals surface area contributed by atoms with Crippen molar-refractivity contribution in [1.82, 2.24) is 15.1 Å². The monoisotopic (exact) mass is 489 g/mol. The molecule has 1 aromatic carbocycles. The van der Waals surface area contributed by atoms with Crippen LogP contribution < -0.4 is 0 Å². The molecule has 4 N–H and O–H groups in total. The van der Waals surface area contributed by atoms with Gasteiger partial charge in [0, 0.05) is 16.8 Å². The lowest BCUT2D eigenvalue weighted by Gasteiger charge is -2.46. The second kappa shape index (κ2) is 8.30. The second-order valence-corrected chi connectivity index (χ2v) is 11.6. The third-order valence-electron chi connectivity index (χ3n) is 9.44. The number of likely N-dealkylation sites (N-methyl/N-ethyl adjacent to an activating group) is 1. The standard InChI is InChI=1S/C29H35N3O4/c1-28-15-25(33)19-13-22-26(34)27(35)24(32(2)3)14-29(22,36)10-8-18(19)21(28)6-5-20(28)16-4-7-23-17(12-16)9-11-30-31-23/h4-5,7,9,11-13,21,24-27,33-36H,6,8,10,14-15H2,1-3H3. The average Bonchev–Trinajstić information content (AvgIpc) is 3.10. The summed E-state index contributed by atoms with van der Waals surface area (Å²) in [6.07, 6.45) is 5.88. The summed E-state index contributed by atoms with van der Waals surface area (Å²) in [4.78, 5) is 1.87. The first-order valence-electron chi connectivity index (χ1n) is 12.9. The van der Waals surface area contributed by atoms with Gasteiger partial charge >= 0.3 is 0 Å². The number of hydrogen-bond acceptors (Lipinski definition) is 7. The maximum atomic E-state index is 11.7. The fourth-order valence-electron chi connectivity index (χ4n) is 7.45. The Bertz CT molecular complexity index is 1320. The number of aliphatic hydroxyl groups excluding tert-OH is 3. The van der Waals surface area contributed by atoms with Crippen molar-refractivity contribution >= 4 is 16.5 Å². The number of fused-ring (bicyclic) bond motifs is 4. The summed E-state index contributed by atoms with van der Waals surface area (Å²) in [5.41, 5.74) is 4.23. The third-order valence-corrected chi connectivity index (χ3v) is 9.44. The molecule has 0 spiro atoms. The van der Waals surface area contributed by atoms with Crippen LogP contribution in [0.5, 0.6) is 0 Å². The van der Waals surface area contributed by atoms with Crippen molar-refractivity contribution in [1.29, 1.82) is 0 Å². The number of rotatable bonds is 2. The van der Waals surface area contributed by atoms with E-state index in [4.69, 9.17) is 0 Å². The fraction of sp³-hybridized carbons (Fsp3) is 0.517. The summed E-state index contributed by atoms with van der Waals surface area (Å²) in [7, 11) is 3.72. The number of nitrogens with zero attached hydrogens (tertiary/aromatic N) is 3. The van der Waals surface area contributed by atoms with Gasteiger partial charge in [-0.05, 0) is 92.6 Å². The SMILES string of the molecule is CN(C)C1CC2(O)CCC3=C(C=C2C(O)C1O)C(O)CC1(C)C(c2ccc4nnccc4c2)=CCC31. The molecule has 7 atom stereocenters. The van der Waals surface area contributed by atoms with Gasteiger partial charge in [-0.1, -0.05) is 30.7 Å². The van der Waals surface area contributed by atoms with Gasteiger partial charge < -0.3 is 25.3 Å². The van der Waals surface area contributed by atoms with E-state index in [1.807, 2.05) is 37.2 Å². The van der Waals surface area contributed by atoms with Crippen LogP contribution in [-0.4, -0.2) is 79.6 Å². The molecule has 0 bridgehead atoms. The Morgan fingerprint density at radius 1 is 1.08 bits per heavy atom. The first kappa shape index (κ1) is 23.9. The molecule has 2 aromatic rings. The van der Waals surface area contributed by atoms with E-state index in [1.165, 1.54) is 11.1 Å². The van der Waals surface area contributed by atoms with E-state index in [1.54, 1.807) is 6.20 Å². The zero-order valence-corrected chi connectivity index (χ0v) is 21.1. The highest BCUT2D eigenvalue weighted by molar-refractivity contribution is 5.85. The van der Waals surface area contributed by atoms with E-state index in [0.717, 1.165) is 28.5 Å². The summed E-state index contributed by atoms with van der Waals surface area (Å²) in [5, 5.41) is 54.3. The molecule has 1 fully saturated rings. The number of hydrogen-bond donors (Lipinski definition) is 4. The Labute approximate surface area is 211 Å².